The van der Waals surface area contributed by atoms with Gasteiger partial charge in [-0.3, -0.25) is 15.1 Å². The van der Waals surface area contributed by atoms with E-state index in [1.54, 1.807) is 6.20 Å². The molecule has 0 atom stereocenters. The van der Waals surface area contributed by atoms with E-state index in [2.05, 4.69) is 4.98 Å². The van der Waals surface area contributed by atoms with Crippen molar-refractivity contribution in [3.63, 3.8) is 0 Å². The van der Waals surface area contributed by atoms with Gasteiger partial charge >= 0.3 is 0 Å². The second-order valence-electron chi connectivity index (χ2n) is 4.17. The monoisotopic (exact) mass is 292 g/mol. The van der Waals surface area contributed by atoms with Gasteiger partial charge in [-0.25, -0.2) is 0 Å². The van der Waals surface area contributed by atoms with Crippen LogP contribution >= 0.6 is 11.6 Å². The number of ether oxygens (including phenoxy) is 1. The predicted molar refractivity (Wildman–Crippen MR) is 76.1 cm³/mol. The SMILES string of the molecule is CCc1cc(COc2ccc([N+](=O)[O-])cc2Cl)ccn1. The zero-order chi connectivity index (χ0) is 14.5. The summed E-state index contributed by atoms with van der Waals surface area (Å²) >= 11 is 5.96. The summed E-state index contributed by atoms with van der Waals surface area (Å²) in [6, 6.07) is 7.96. The number of nitrogens with zero attached hydrogens (tertiary/aromatic N) is 2. The number of aryl methyl sites for hydroxylation is 1. The number of hydrogen-bond donors (Lipinski definition) is 0. The van der Waals surface area contributed by atoms with Crippen molar-refractivity contribution < 1.29 is 9.66 Å². The van der Waals surface area contributed by atoms with Gasteiger partial charge in [-0.15, -0.1) is 0 Å². The summed E-state index contributed by atoms with van der Waals surface area (Å²) in [5.74, 6) is 0.423. The zero-order valence-electron chi connectivity index (χ0n) is 10.9. The van der Waals surface area contributed by atoms with Gasteiger partial charge < -0.3 is 4.74 Å². The lowest BCUT2D eigenvalue weighted by molar-refractivity contribution is -0.384. The summed E-state index contributed by atoms with van der Waals surface area (Å²) < 4.78 is 5.57. The second kappa shape index (κ2) is 6.34. The van der Waals surface area contributed by atoms with Gasteiger partial charge in [-0.05, 0) is 30.2 Å². The van der Waals surface area contributed by atoms with Crippen LogP contribution in [0, 0.1) is 10.1 Å². The number of nitro benzene ring substituents is 1. The third kappa shape index (κ3) is 3.45. The van der Waals surface area contributed by atoms with Crippen LogP contribution in [0.2, 0.25) is 5.02 Å². The molecule has 0 amide bonds. The summed E-state index contributed by atoms with van der Waals surface area (Å²) in [6.45, 7) is 2.37. The normalized spacial score (nSPS) is 10.3. The number of non-ortho nitro benzene ring substituents is 1. The molecule has 104 valence electrons. The molecule has 0 unspecified atom stereocenters. The molecule has 0 saturated carbocycles. The highest BCUT2D eigenvalue weighted by Crippen LogP contribution is 2.29. The van der Waals surface area contributed by atoms with Crippen LogP contribution in [0.5, 0.6) is 5.75 Å². The van der Waals surface area contributed by atoms with Gasteiger partial charge in [-0.2, -0.15) is 0 Å². The molecule has 1 heterocycles. The maximum atomic E-state index is 10.6. The summed E-state index contributed by atoms with van der Waals surface area (Å²) in [6.07, 6.45) is 2.58. The molecule has 2 aromatic rings. The van der Waals surface area contributed by atoms with E-state index in [0.717, 1.165) is 17.7 Å². The standard InChI is InChI=1S/C14H13ClN2O3/c1-2-11-7-10(5-6-16-11)9-20-14-4-3-12(17(18)19)8-13(14)15/h3-8H,2,9H2,1H3. The molecule has 0 saturated heterocycles. The highest BCUT2D eigenvalue weighted by molar-refractivity contribution is 6.32. The maximum Gasteiger partial charge on any atom is 0.271 e. The molecule has 0 aliphatic carbocycles. The van der Waals surface area contributed by atoms with Gasteiger partial charge in [0.05, 0.1) is 9.95 Å². The number of benzene rings is 1. The average molecular weight is 293 g/mol. The average Bonchev–Trinajstić information content (AvgIpc) is 2.46. The molecular weight excluding hydrogens is 280 g/mol. The van der Waals surface area contributed by atoms with E-state index in [1.807, 2.05) is 19.1 Å². The first-order valence-corrected chi connectivity index (χ1v) is 6.48. The zero-order valence-corrected chi connectivity index (χ0v) is 11.6. The second-order valence-corrected chi connectivity index (χ2v) is 4.58. The fraction of sp³-hybridized carbons (Fsp3) is 0.214. The lowest BCUT2D eigenvalue weighted by atomic mass is 10.2. The molecule has 1 aromatic carbocycles. The Kier molecular flexibility index (Phi) is 4.53. The van der Waals surface area contributed by atoms with Crippen molar-refractivity contribution in [1.29, 1.82) is 0 Å². The van der Waals surface area contributed by atoms with E-state index in [4.69, 9.17) is 16.3 Å². The minimum absolute atomic E-state index is 0.0560. The van der Waals surface area contributed by atoms with Crippen molar-refractivity contribution in [2.45, 2.75) is 20.0 Å². The van der Waals surface area contributed by atoms with Gasteiger partial charge in [0.25, 0.3) is 5.69 Å². The highest BCUT2D eigenvalue weighted by atomic mass is 35.5. The van der Waals surface area contributed by atoms with E-state index < -0.39 is 4.92 Å². The van der Waals surface area contributed by atoms with Crippen molar-refractivity contribution in [3.05, 3.63) is 62.9 Å². The van der Waals surface area contributed by atoms with Gasteiger partial charge in [0, 0.05) is 24.0 Å². The smallest absolute Gasteiger partial charge is 0.271 e. The third-order valence-corrected chi connectivity index (χ3v) is 3.06. The van der Waals surface area contributed by atoms with Crippen LogP contribution in [0.15, 0.2) is 36.5 Å². The van der Waals surface area contributed by atoms with Crippen molar-refractivity contribution in [3.8, 4) is 5.75 Å². The summed E-state index contributed by atoms with van der Waals surface area (Å²) in [7, 11) is 0. The first-order chi connectivity index (χ1) is 9.60. The number of halogens is 1. The first kappa shape index (κ1) is 14.3. The van der Waals surface area contributed by atoms with Crippen molar-refractivity contribution in [1.82, 2.24) is 4.98 Å². The van der Waals surface area contributed by atoms with Crippen LogP contribution in [0.25, 0.3) is 0 Å². The summed E-state index contributed by atoms with van der Waals surface area (Å²) in [4.78, 5) is 14.3. The number of rotatable bonds is 5. The van der Waals surface area contributed by atoms with Gasteiger partial charge in [0.2, 0.25) is 0 Å². The number of aromatic nitrogens is 1. The molecule has 6 heteroatoms. The van der Waals surface area contributed by atoms with Crippen molar-refractivity contribution in [2.24, 2.45) is 0 Å². The third-order valence-electron chi connectivity index (χ3n) is 2.76. The quantitative estimate of drug-likeness (QED) is 0.621. The molecule has 1 aromatic heterocycles. The number of nitro groups is 1. The molecule has 0 fully saturated rings. The summed E-state index contributed by atoms with van der Waals surface area (Å²) in [5.41, 5.74) is 1.91. The fourth-order valence-corrected chi connectivity index (χ4v) is 1.92. The molecule has 0 bridgehead atoms. The Morgan fingerprint density at radius 3 is 2.80 bits per heavy atom. The van der Waals surface area contributed by atoms with Crippen LogP contribution in [0.1, 0.15) is 18.2 Å². The molecule has 0 aliphatic heterocycles. The minimum atomic E-state index is -0.494. The molecule has 20 heavy (non-hydrogen) atoms. The van der Waals surface area contributed by atoms with Crippen molar-refractivity contribution in [2.75, 3.05) is 0 Å². The molecule has 0 N–H and O–H groups in total. The van der Waals surface area contributed by atoms with Gasteiger partial charge in [-0.1, -0.05) is 18.5 Å². The van der Waals surface area contributed by atoms with E-state index >= 15 is 0 Å². The van der Waals surface area contributed by atoms with Crippen LogP contribution < -0.4 is 4.74 Å². The van der Waals surface area contributed by atoms with Crippen LogP contribution in [-0.2, 0) is 13.0 Å². The van der Waals surface area contributed by atoms with E-state index in [1.165, 1.54) is 18.2 Å². The maximum absolute atomic E-state index is 10.6. The number of pyridine rings is 1. The van der Waals surface area contributed by atoms with Gasteiger partial charge in [0.1, 0.15) is 12.4 Å². The molecular formula is C14H13ClN2O3. The van der Waals surface area contributed by atoms with E-state index in [0.29, 0.717) is 12.4 Å². The largest absolute Gasteiger partial charge is 0.487 e. The molecule has 0 radical (unpaired) electrons. The van der Waals surface area contributed by atoms with Crippen LogP contribution in [-0.4, -0.2) is 9.91 Å². The Balaban J connectivity index is 2.08. The molecule has 0 spiro atoms. The van der Waals surface area contributed by atoms with E-state index in [9.17, 15) is 10.1 Å². The topological polar surface area (TPSA) is 65.3 Å². The molecule has 2 rings (SSSR count). The number of hydrogen-bond acceptors (Lipinski definition) is 4. The highest BCUT2D eigenvalue weighted by Gasteiger charge is 2.10. The Labute approximate surface area is 121 Å². The Morgan fingerprint density at radius 1 is 1.35 bits per heavy atom. The lowest BCUT2D eigenvalue weighted by Gasteiger charge is -2.08. The minimum Gasteiger partial charge on any atom is -0.487 e. The van der Waals surface area contributed by atoms with Crippen LogP contribution in [0.4, 0.5) is 5.69 Å². The van der Waals surface area contributed by atoms with Crippen LogP contribution in [0.3, 0.4) is 0 Å². The molecule has 0 aliphatic rings. The van der Waals surface area contributed by atoms with E-state index in [-0.39, 0.29) is 10.7 Å². The fourth-order valence-electron chi connectivity index (χ4n) is 1.69. The summed E-state index contributed by atoms with van der Waals surface area (Å²) in [5, 5.41) is 10.8. The van der Waals surface area contributed by atoms with Gasteiger partial charge in [0.15, 0.2) is 0 Å². The first-order valence-electron chi connectivity index (χ1n) is 6.10. The molecule has 5 nitrogen and oxygen atoms in total. The Morgan fingerprint density at radius 2 is 2.15 bits per heavy atom. The lowest BCUT2D eigenvalue weighted by Crippen LogP contribution is -1.98. The Hall–Kier alpha value is -2.14. The predicted octanol–water partition coefficient (Wildman–Crippen LogP) is 3.78. The Bertz CT molecular complexity index is 632. The van der Waals surface area contributed by atoms with Crippen molar-refractivity contribution >= 4 is 17.3 Å².